The molecular weight excluding hydrogens is 228 g/mol. The van der Waals surface area contributed by atoms with Crippen LogP contribution in [0.3, 0.4) is 0 Å². The normalized spacial score (nSPS) is 11.6. The molecule has 1 N–H and O–H groups in total. The monoisotopic (exact) mass is 244 g/mol. The highest BCUT2D eigenvalue weighted by Crippen LogP contribution is 2.27. The van der Waals surface area contributed by atoms with Gasteiger partial charge in [0.25, 0.3) is 0 Å². The number of rotatable bonds is 2. The summed E-state index contributed by atoms with van der Waals surface area (Å²) < 4.78 is 0. The third-order valence-corrected chi connectivity index (χ3v) is 2.81. The number of carbonyl (C=O) groups excluding carboxylic acids is 1. The van der Waals surface area contributed by atoms with Crippen LogP contribution in [0.5, 0.6) is 0 Å². The van der Waals surface area contributed by atoms with Crippen molar-refractivity contribution in [2.24, 2.45) is 0 Å². The van der Waals surface area contributed by atoms with Gasteiger partial charge in [-0.15, -0.1) is 10.2 Å². The number of nitrogens with one attached hydrogen (secondary N) is 1. The van der Waals surface area contributed by atoms with Crippen molar-refractivity contribution in [1.82, 2.24) is 20.6 Å². The lowest BCUT2D eigenvalue weighted by Crippen LogP contribution is -2.12. The molecule has 0 aliphatic heterocycles. The van der Waals surface area contributed by atoms with Crippen LogP contribution in [0.1, 0.15) is 43.6 Å². The molecule has 18 heavy (non-hydrogen) atoms. The molecule has 0 aliphatic carbocycles. The SMILES string of the molecule is CC(=O)c1cc(-c2nn[nH]n2)cc(C(C)(C)C)c1. The topological polar surface area (TPSA) is 71.5 Å². The maximum absolute atomic E-state index is 11.6. The molecule has 0 aliphatic rings. The molecule has 94 valence electrons. The Morgan fingerprint density at radius 2 is 1.94 bits per heavy atom. The Kier molecular flexibility index (Phi) is 2.98. The van der Waals surface area contributed by atoms with Crippen molar-refractivity contribution >= 4 is 5.78 Å². The summed E-state index contributed by atoms with van der Waals surface area (Å²) in [5, 5.41) is 13.9. The number of benzene rings is 1. The van der Waals surface area contributed by atoms with Crippen molar-refractivity contribution in [1.29, 1.82) is 0 Å². The molecular formula is C13H16N4O. The number of nitrogens with zero attached hydrogens (tertiary/aromatic N) is 3. The first-order valence-corrected chi connectivity index (χ1v) is 5.78. The summed E-state index contributed by atoms with van der Waals surface area (Å²) in [7, 11) is 0. The van der Waals surface area contributed by atoms with Gasteiger partial charge in [0.1, 0.15) is 0 Å². The molecule has 1 heterocycles. The molecule has 0 unspecified atom stereocenters. The summed E-state index contributed by atoms with van der Waals surface area (Å²) in [6, 6.07) is 5.71. The van der Waals surface area contributed by atoms with E-state index in [9.17, 15) is 4.79 Å². The van der Waals surface area contributed by atoms with Crippen LogP contribution < -0.4 is 0 Å². The number of ketones is 1. The van der Waals surface area contributed by atoms with E-state index in [0.29, 0.717) is 11.4 Å². The van der Waals surface area contributed by atoms with E-state index in [1.54, 1.807) is 13.0 Å². The van der Waals surface area contributed by atoms with Gasteiger partial charge in [-0.2, -0.15) is 5.21 Å². The highest BCUT2D eigenvalue weighted by molar-refractivity contribution is 5.95. The van der Waals surface area contributed by atoms with E-state index in [4.69, 9.17) is 0 Å². The van der Waals surface area contributed by atoms with E-state index >= 15 is 0 Å². The standard InChI is InChI=1S/C13H16N4O/c1-8(18)9-5-10(12-14-16-17-15-12)7-11(6-9)13(2,3)4/h5-7H,1-4H3,(H,14,15,16,17). The lowest BCUT2D eigenvalue weighted by atomic mass is 9.84. The molecule has 0 saturated heterocycles. The molecule has 0 amide bonds. The van der Waals surface area contributed by atoms with Gasteiger partial charge in [0.05, 0.1) is 0 Å². The minimum atomic E-state index is -0.0378. The first-order chi connectivity index (χ1) is 8.38. The van der Waals surface area contributed by atoms with Gasteiger partial charge in [-0.1, -0.05) is 20.8 Å². The highest BCUT2D eigenvalue weighted by atomic mass is 16.1. The summed E-state index contributed by atoms with van der Waals surface area (Å²) in [6.07, 6.45) is 0. The van der Waals surface area contributed by atoms with Crippen LogP contribution in [0.4, 0.5) is 0 Å². The molecule has 0 radical (unpaired) electrons. The number of Topliss-reactive ketones (excluding diaryl/α,β-unsaturated/α-hetero) is 1. The van der Waals surface area contributed by atoms with Gasteiger partial charge in [-0.05, 0) is 41.3 Å². The molecule has 1 aromatic carbocycles. The third kappa shape index (κ3) is 2.45. The van der Waals surface area contributed by atoms with Crippen molar-refractivity contribution < 1.29 is 4.79 Å². The Morgan fingerprint density at radius 1 is 1.22 bits per heavy atom. The first kappa shape index (κ1) is 12.4. The summed E-state index contributed by atoms with van der Waals surface area (Å²) in [6.45, 7) is 7.87. The number of aromatic amines is 1. The Balaban J connectivity index is 2.61. The second-order valence-electron chi connectivity index (χ2n) is 5.34. The van der Waals surface area contributed by atoms with E-state index in [1.807, 2.05) is 12.1 Å². The van der Waals surface area contributed by atoms with Gasteiger partial charge in [0.15, 0.2) is 5.78 Å². The van der Waals surface area contributed by atoms with E-state index < -0.39 is 0 Å². The number of tetrazole rings is 1. The van der Waals surface area contributed by atoms with Gasteiger partial charge in [0.2, 0.25) is 5.82 Å². The van der Waals surface area contributed by atoms with Crippen molar-refractivity contribution in [2.75, 3.05) is 0 Å². The van der Waals surface area contributed by atoms with Crippen LogP contribution in [0, 0.1) is 0 Å². The molecule has 5 heteroatoms. The van der Waals surface area contributed by atoms with Crippen LogP contribution in [-0.4, -0.2) is 26.4 Å². The Bertz CT molecular complexity index is 567. The van der Waals surface area contributed by atoms with Gasteiger partial charge in [0, 0.05) is 11.1 Å². The Hall–Kier alpha value is -2.04. The zero-order valence-electron chi connectivity index (χ0n) is 11.0. The highest BCUT2D eigenvalue weighted by Gasteiger charge is 2.18. The number of aromatic nitrogens is 4. The average Bonchev–Trinajstić information content (AvgIpc) is 2.80. The van der Waals surface area contributed by atoms with E-state index in [2.05, 4.69) is 41.4 Å². The molecule has 0 fully saturated rings. The Morgan fingerprint density at radius 3 is 2.44 bits per heavy atom. The number of H-pyrrole nitrogens is 1. The number of hydrogen-bond donors (Lipinski definition) is 1. The first-order valence-electron chi connectivity index (χ1n) is 5.78. The van der Waals surface area contributed by atoms with Gasteiger partial charge in [-0.3, -0.25) is 4.79 Å². The Labute approximate surface area is 106 Å². The van der Waals surface area contributed by atoms with Crippen LogP contribution in [0.15, 0.2) is 18.2 Å². The molecule has 5 nitrogen and oxygen atoms in total. The predicted molar refractivity (Wildman–Crippen MR) is 68.3 cm³/mol. The maximum atomic E-state index is 11.6. The fourth-order valence-corrected chi connectivity index (χ4v) is 1.68. The fraction of sp³-hybridized carbons (Fsp3) is 0.385. The minimum Gasteiger partial charge on any atom is -0.295 e. The maximum Gasteiger partial charge on any atom is 0.204 e. The van der Waals surface area contributed by atoms with Crippen LogP contribution >= 0.6 is 0 Å². The summed E-state index contributed by atoms with van der Waals surface area (Å²) >= 11 is 0. The van der Waals surface area contributed by atoms with Gasteiger partial charge >= 0.3 is 0 Å². The van der Waals surface area contributed by atoms with E-state index in [1.165, 1.54) is 0 Å². The fourth-order valence-electron chi connectivity index (χ4n) is 1.68. The molecule has 2 aromatic rings. The summed E-state index contributed by atoms with van der Waals surface area (Å²) in [4.78, 5) is 11.6. The van der Waals surface area contributed by atoms with Crippen molar-refractivity contribution in [3.63, 3.8) is 0 Å². The second kappa shape index (κ2) is 4.33. The van der Waals surface area contributed by atoms with Crippen LogP contribution in [-0.2, 0) is 5.41 Å². The molecule has 0 bridgehead atoms. The van der Waals surface area contributed by atoms with Crippen LogP contribution in [0.25, 0.3) is 11.4 Å². The summed E-state index contributed by atoms with van der Waals surface area (Å²) in [5.41, 5.74) is 2.52. The largest absolute Gasteiger partial charge is 0.295 e. The van der Waals surface area contributed by atoms with E-state index in [0.717, 1.165) is 11.1 Å². The third-order valence-electron chi connectivity index (χ3n) is 2.81. The van der Waals surface area contributed by atoms with Crippen molar-refractivity contribution in [2.45, 2.75) is 33.1 Å². The quantitative estimate of drug-likeness (QED) is 0.823. The van der Waals surface area contributed by atoms with Crippen LogP contribution in [0.2, 0.25) is 0 Å². The lowest BCUT2D eigenvalue weighted by molar-refractivity contribution is 0.101. The number of carbonyl (C=O) groups is 1. The molecule has 0 atom stereocenters. The predicted octanol–water partition coefficient (Wildman–Crippen LogP) is 2.37. The zero-order chi connectivity index (χ0) is 13.3. The summed E-state index contributed by atoms with van der Waals surface area (Å²) in [5.74, 6) is 0.537. The van der Waals surface area contributed by atoms with Gasteiger partial charge in [-0.25, -0.2) is 0 Å². The van der Waals surface area contributed by atoms with Crippen molar-refractivity contribution in [3.8, 4) is 11.4 Å². The molecule has 0 spiro atoms. The molecule has 1 aromatic heterocycles. The van der Waals surface area contributed by atoms with Crippen molar-refractivity contribution in [3.05, 3.63) is 29.3 Å². The zero-order valence-corrected chi connectivity index (χ0v) is 11.0. The van der Waals surface area contributed by atoms with E-state index in [-0.39, 0.29) is 11.2 Å². The smallest absolute Gasteiger partial charge is 0.204 e. The lowest BCUT2D eigenvalue weighted by Gasteiger charge is -2.20. The number of hydrogen-bond acceptors (Lipinski definition) is 4. The minimum absolute atomic E-state index is 0.0332. The molecule has 0 saturated carbocycles. The second-order valence-corrected chi connectivity index (χ2v) is 5.34. The molecule has 2 rings (SSSR count). The average molecular weight is 244 g/mol. The van der Waals surface area contributed by atoms with Gasteiger partial charge < -0.3 is 0 Å².